The molecule has 1 N–H and O–H groups in total. The second-order valence-corrected chi connectivity index (χ2v) is 6.95. The van der Waals surface area contributed by atoms with Gasteiger partial charge in [-0.05, 0) is 48.8 Å². The zero-order valence-electron chi connectivity index (χ0n) is 13.7. The third-order valence-electron chi connectivity index (χ3n) is 3.43. The van der Waals surface area contributed by atoms with Gasteiger partial charge in [-0.1, -0.05) is 23.2 Å². The predicted molar refractivity (Wildman–Crippen MR) is 100 cm³/mol. The third kappa shape index (κ3) is 5.17. The topological polar surface area (TPSA) is 68.5 Å². The Morgan fingerprint density at radius 3 is 2.72 bits per heavy atom. The minimum absolute atomic E-state index is 0.0732. The normalized spacial score (nSPS) is 11.8. The lowest BCUT2D eigenvalue weighted by Gasteiger charge is -2.15. The van der Waals surface area contributed by atoms with Gasteiger partial charge < -0.3 is 14.5 Å². The lowest BCUT2D eigenvalue weighted by Crippen LogP contribution is -2.41. The fraction of sp³-hybridized carbons (Fsp3) is 0.294. The fourth-order valence-electron chi connectivity index (χ4n) is 2.15. The molecule has 1 amide bonds. The summed E-state index contributed by atoms with van der Waals surface area (Å²) >= 11 is 13.7. The quantitative estimate of drug-likeness (QED) is 0.701. The molecule has 0 unspecified atom stereocenters. The van der Waals surface area contributed by atoms with Crippen LogP contribution >= 0.6 is 35.0 Å². The number of nitrogens with one attached hydrogen (secondary N) is 1. The molecule has 0 aliphatic heterocycles. The Labute approximate surface area is 160 Å². The van der Waals surface area contributed by atoms with E-state index in [-0.39, 0.29) is 5.76 Å². The van der Waals surface area contributed by atoms with Crippen LogP contribution in [0, 0.1) is 0 Å². The van der Waals surface area contributed by atoms with Crippen LogP contribution in [0.2, 0.25) is 10.0 Å². The standard InChI is InChI=1S/C17H17Cl2NO4S/c1-23-17(22)13(7-8-25-2)20-16(21)15-6-5-14(24-15)11-9-10(18)3-4-12(11)19/h3-6,9,13H,7-8H2,1-2H3,(H,20,21)/t13-/m0/s1. The first kappa shape index (κ1) is 19.7. The van der Waals surface area contributed by atoms with Crippen molar-refractivity contribution in [2.45, 2.75) is 12.5 Å². The molecule has 2 rings (SSSR count). The number of halogens is 2. The SMILES string of the molecule is COC(=O)[C@H](CCSC)NC(=O)c1ccc(-c2cc(Cl)ccc2Cl)o1. The third-order valence-corrected chi connectivity index (χ3v) is 4.63. The molecule has 0 spiro atoms. The molecular formula is C17H17Cl2NO4S. The summed E-state index contributed by atoms with van der Waals surface area (Å²) in [7, 11) is 1.28. The predicted octanol–water partition coefficient (Wildman–Crippen LogP) is 4.28. The van der Waals surface area contributed by atoms with Crippen molar-refractivity contribution in [2.75, 3.05) is 19.1 Å². The van der Waals surface area contributed by atoms with E-state index < -0.39 is 17.9 Å². The summed E-state index contributed by atoms with van der Waals surface area (Å²) < 4.78 is 10.3. The maximum atomic E-state index is 12.4. The molecule has 0 saturated heterocycles. The summed E-state index contributed by atoms with van der Waals surface area (Å²) in [5.41, 5.74) is 0.583. The average Bonchev–Trinajstić information content (AvgIpc) is 3.09. The van der Waals surface area contributed by atoms with Crippen molar-refractivity contribution in [1.29, 1.82) is 0 Å². The van der Waals surface area contributed by atoms with E-state index in [4.69, 9.17) is 32.4 Å². The molecule has 0 bridgehead atoms. The van der Waals surface area contributed by atoms with Gasteiger partial charge in [0.1, 0.15) is 11.8 Å². The Hall–Kier alpha value is -1.63. The summed E-state index contributed by atoms with van der Waals surface area (Å²) in [5.74, 6) is 0.204. The molecule has 1 atom stereocenters. The van der Waals surface area contributed by atoms with Gasteiger partial charge in [0.05, 0.1) is 12.1 Å². The van der Waals surface area contributed by atoms with Crippen molar-refractivity contribution < 1.29 is 18.7 Å². The summed E-state index contributed by atoms with van der Waals surface area (Å²) in [6.07, 6.45) is 2.39. The molecule has 1 heterocycles. The van der Waals surface area contributed by atoms with E-state index in [0.29, 0.717) is 33.5 Å². The van der Waals surface area contributed by atoms with Crippen molar-refractivity contribution in [3.63, 3.8) is 0 Å². The Morgan fingerprint density at radius 1 is 1.28 bits per heavy atom. The first-order chi connectivity index (χ1) is 12.0. The van der Waals surface area contributed by atoms with Crippen molar-refractivity contribution in [3.8, 4) is 11.3 Å². The van der Waals surface area contributed by atoms with E-state index in [1.807, 2.05) is 6.26 Å². The van der Waals surface area contributed by atoms with Crippen molar-refractivity contribution in [2.24, 2.45) is 0 Å². The van der Waals surface area contributed by atoms with Gasteiger partial charge >= 0.3 is 5.97 Å². The first-order valence-electron chi connectivity index (χ1n) is 7.39. The van der Waals surface area contributed by atoms with Crippen LogP contribution in [0.1, 0.15) is 17.0 Å². The Morgan fingerprint density at radius 2 is 2.04 bits per heavy atom. The van der Waals surface area contributed by atoms with E-state index in [0.717, 1.165) is 0 Å². The highest BCUT2D eigenvalue weighted by molar-refractivity contribution is 7.98. The van der Waals surface area contributed by atoms with E-state index >= 15 is 0 Å². The molecule has 8 heteroatoms. The number of esters is 1. The molecule has 0 fully saturated rings. The Kier molecular flexibility index (Phi) is 7.23. The fourth-order valence-corrected chi connectivity index (χ4v) is 3.00. The highest BCUT2D eigenvalue weighted by Gasteiger charge is 2.23. The van der Waals surface area contributed by atoms with Crippen molar-refractivity contribution in [1.82, 2.24) is 5.32 Å². The number of rotatable bonds is 7. The molecule has 0 aliphatic rings. The van der Waals surface area contributed by atoms with Crippen LogP contribution in [0.3, 0.4) is 0 Å². The van der Waals surface area contributed by atoms with E-state index in [1.54, 1.807) is 36.0 Å². The number of methoxy groups -OCH3 is 1. The van der Waals surface area contributed by atoms with Gasteiger partial charge in [-0.25, -0.2) is 4.79 Å². The zero-order chi connectivity index (χ0) is 18.4. The highest BCUT2D eigenvalue weighted by atomic mass is 35.5. The van der Waals surface area contributed by atoms with Gasteiger partial charge in [0.25, 0.3) is 5.91 Å². The average molecular weight is 402 g/mol. The minimum atomic E-state index is -0.728. The number of benzene rings is 1. The van der Waals surface area contributed by atoms with Gasteiger partial charge in [-0.3, -0.25) is 4.79 Å². The van der Waals surface area contributed by atoms with Gasteiger partial charge in [0, 0.05) is 10.6 Å². The summed E-state index contributed by atoms with van der Waals surface area (Å²) in [6.45, 7) is 0. The molecule has 25 heavy (non-hydrogen) atoms. The van der Waals surface area contributed by atoms with Gasteiger partial charge in [0.2, 0.25) is 0 Å². The monoisotopic (exact) mass is 401 g/mol. The van der Waals surface area contributed by atoms with Crippen LogP contribution in [0.4, 0.5) is 0 Å². The van der Waals surface area contributed by atoms with Crippen LogP contribution in [0.25, 0.3) is 11.3 Å². The Balaban J connectivity index is 2.16. The molecule has 0 saturated carbocycles. The van der Waals surface area contributed by atoms with Gasteiger partial charge in [0.15, 0.2) is 5.76 Å². The number of carbonyl (C=O) groups is 2. The molecule has 0 aliphatic carbocycles. The maximum Gasteiger partial charge on any atom is 0.328 e. The summed E-state index contributed by atoms with van der Waals surface area (Å²) in [6, 6.07) is 7.38. The molecule has 134 valence electrons. The number of furan rings is 1. The molecule has 1 aromatic heterocycles. The minimum Gasteiger partial charge on any atom is -0.467 e. The van der Waals surface area contributed by atoms with Crippen molar-refractivity contribution in [3.05, 3.63) is 46.1 Å². The molecule has 2 aromatic rings. The van der Waals surface area contributed by atoms with Crippen LogP contribution < -0.4 is 5.32 Å². The molecule has 0 radical (unpaired) electrons. The summed E-state index contributed by atoms with van der Waals surface area (Å²) in [4.78, 5) is 24.1. The number of carbonyl (C=O) groups excluding carboxylic acids is 2. The lowest BCUT2D eigenvalue weighted by molar-refractivity contribution is -0.142. The highest BCUT2D eigenvalue weighted by Crippen LogP contribution is 2.31. The number of hydrogen-bond donors (Lipinski definition) is 1. The van der Waals surface area contributed by atoms with Gasteiger partial charge in [-0.15, -0.1) is 0 Å². The van der Waals surface area contributed by atoms with Crippen LogP contribution in [-0.4, -0.2) is 37.0 Å². The van der Waals surface area contributed by atoms with Crippen LogP contribution in [0.15, 0.2) is 34.7 Å². The largest absolute Gasteiger partial charge is 0.467 e. The lowest BCUT2D eigenvalue weighted by atomic mass is 10.2. The molecule has 5 nitrogen and oxygen atoms in total. The van der Waals surface area contributed by atoms with E-state index in [2.05, 4.69) is 5.32 Å². The van der Waals surface area contributed by atoms with E-state index in [9.17, 15) is 9.59 Å². The second-order valence-electron chi connectivity index (χ2n) is 5.12. The number of hydrogen-bond acceptors (Lipinski definition) is 5. The number of thioether (sulfide) groups is 1. The molecular weight excluding hydrogens is 385 g/mol. The second kappa shape index (κ2) is 9.17. The first-order valence-corrected chi connectivity index (χ1v) is 9.54. The molecule has 1 aromatic carbocycles. The van der Waals surface area contributed by atoms with E-state index in [1.165, 1.54) is 13.2 Å². The van der Waals surface area contributed by atoms with Crippen LogP contribution in [-0.2, 0) is 9.53 Å². The van der Waals surface area contributed by atoms with Gasteiger partial charge in [-0.2, -0.15) is 11.8 Å². The smallest absolute Gasteiger partial charge is 0.328 e. The van der Waals surface area contributed by atoms with Crippen LogP contribution in [0.5, 0.6) is 0 Å². The number of amides is 1. The number of ether oxygens (including phenoxy) is 1. The Bertz CT molecular complexity index is 763. The van der Waals surface area contributed by atoms with Crippen molar-refractivity contribution >= 4 is 46.8 Å². The maximum absolute atomic E-state index is 12.4. The zero-order valence-corrected chi connectivity index (χ0v) is 16.0. The summed E-state index contributed by atoms with van der Waals surface area (Å²) in [5, 5.41) is 3.59.